The van der Waals surface area contributed by atoms with Gasteiger partial charge in [0.2, 0.25) is 0 Å². The van der Waals surface area contributed by atoms with E-state index < -0.39 is 0 Å². The molecule has 1 fully saturated rings. The quantitative estimate of drug-likeness (QED) is 0.895. The number of para-hydroxylation sites is 1. The van der Waals surface area contributed by atoms with Crippen molar-refractivity contribution in [2.24, 2.45) is 11.7 Å². The molecule has 100 valence electrons. The minimum atomic E-state index is 0.160. The predicted molar refractivity (Wildman–Crippen MR) is 78.9 cm³/mol. The van der Waals surface area contributed by atoms with Crippen LogP contribution in [0.25, 0.3) is 0 Å². The fraction of sp³-hybridized carbons (Fsp3) is 0.600. The molecule has 0 amide bonds. The Balaban J connectivity index is 2.04. The van der Waals surface area contributed by atoms with Crippen molar-refractivity contribution in [3.8, 4) is 5.75 Å². The molecule has 0 aromatic heterocycles. The average molecular weight is 312 g/mol. The van der Waals surface area contributed by atoms with Crippen LogP contribution in [0.4, 0.5) is 0 Å². The van der Waals surface area contributed by atoms with Crippen molar-refractivity contribution in [3.63, 3.8) is 0 Å². The van der Waals surface area contributed by atoms with Gasteiger partial charge in [0.1, 0.15) is 5.75 Å². The highest BCUT2D eigenvalue weighted by atomic mass is 79.9. The van der Waals surface area contributed by atoms with Crippen LogP contribution in [-0.2, 0) is 6.42 Å². The van der Waals surface area contributed by atoms with Crippen LogP contribution in [0.2, 0.25) is 0 Å². The van der Waals surface area contributed by atoms with E-state index in [9.17, 15) is 0 Å². The van der Waals surface area contributed by atoms with E-state index in [4.69, 9.17) is 10.5 Å². The first kappa shape index (κ1) is 13.9. The van der Waals surface area contributed by atoms with Crippen LogP contribution in [0, 0.1) is 5.92 Å². The lowest BCUT2D eigenvalue weighted by atomic mass is 10.1. The molecule has 2 N–H and O–H groups in total. The van der Waals surface area contributed by atoms with E-state index in [1.807, 2.05) is 19.1 Å². The summed E-state index contributed by atoms with van der Waals surface area (Å²) in [6, 6.07) is 6.35. The molecule has 2 rings (SSSR count). The average Bonchev–Trinajstić information content (AvgIpc) is 2.80. The third-order valence-corrected chi connectivity index (χ3v) is 4.15. The largest absolute Gasteiger partial charge is 0.492 e. The Morgan fingerprint density at radius 1 is 1.39 bits per heavy atom. The molecule has 0 bridgehead atoms. The summed E-state index contributed by atoms with van der Waals surface area (Å²) in [5.41, 5.74) is 7.10. The number of ether oxygens (including phenoxy) is 1. The summed E-state index contributed by atoms with van der Waals surface area (Å²) in [6.45, 7) is 2.87. The second kappa shape index (κ2) is 6.58. The van der Waals surface area contributed by atoms with E-state index in [2.05, 4.69) is 22.0 Å². The first-order chi connectivity index (χ1) is 8.66. The van der Waals surface area contributed by atoms with Crippen molar-refractivity contribution in [2.75, 3.05) is 6.61 Å². The van der Waals surface area contributed by atoms with Crippen molar-refractivity contribution in [3.05, 3.63) is 28.2 Å². The smallest absolute Gasteiger partial charge is 0.136 e. The molecule has 1 saturated carbocycles. The molecule has 1 unspecified atom stereocenters. The zero-order valence-electron chi connectivity index (χ0n) is 11.0. The normalized spacial score (nSPS) is 17.9. The van der Waals surface area contributed by atoms with Crippen LogP contribution in [-0.4, -0.2) is 12.6 Å². The van der Waals surface area contributed by atoms with E-state index in [1.165, 1.54) is 31.2 Å². The lowest BCUT2D eigenvalue weighted by molar-refractivity contribution is 0.248. The molecule has 0 saturated heterocycles. The van der Waals surface area contributed by atoms with Gasteiger partial charge in [-0.3, -0.25) is 0 Å². The molecule has 0 aliphatic heterocycles. The Bertz CT molecular complexity index is 386. The highest BCUT2D eigenvalue weighted by molar-refractivity contribution is 9.10. The Kier molecular flexibility index (Phi) is 5.07. The highest BCUT2D eigenvalue weighted by Crippen LogP contribution is 2.32. The molecule has 18 heavy (non-hydrogen) atoms. The first-order valence-corrected chi connectivity index (χ1v) is 7.62. The van der Waals surface area contributed by atoms with Crippen LogP contribution in [0.1, 0.15) is 38.2 Å². The summed E-state index contributed by atoms with van der Waals surface area (Å²) in [6.07, 6.45) is 6.20. The molecule has 1 aliphatic carbocycles. The number of nitrogens with two attached hydrogens (primary N) is 1. The summed E-state index contributed by atoms with van der Waals surface area (Å²) in [5.74, 6) is 1.72. The van der Waals surface area contributed by atoms with E-state index in [0.717, 1.165) is 29.2 Å². The van der Waals surface area contributed by atoms with Gasteiger partial charge in [-0.05, 0) is 59.7 Å². The van der Waals surface area contributed by atoms with Gasteiger partial charge in [-0.1, -0.05) is 25.0 Å². The molecule has 0 heterocycles. The number of hydrogen-bond donors (Lipinski definition) is 1. The summed E-state index contributed by atoms with van der Waals surface area (Å²) in [7, 11) is 0. The van der Waals surface area contributed by atoms with Crippen LogP contribution in [0.3, 0.4) is 0 Å². The molecule has 1 atom stereocenters. The zero-order valence-corrected chi connectivity index (χ0v) is 12.6. The highest BCUT2D eigenvalue weighted by Gasteiger charge is 2.17. The van der Waals surface area contributed by atoms with Gasteiger partial charge in [0.05, 0.1) is 11.1 Å². The number of hydrogen-bond acceptors (Lipinski definition) is 2. The lowest BCUT2D eigenvalue weighted by Crippen LogP contribution is -2.19. The molecular weight excluding hydrogens is 290 g/mol. The fourth-order valence-corrected chi connectivity index (χ4v) is 3.12. The van der Waals surface area contributed by atoms with Gasteiger partial charge < -0.3 is 10.5 Å². The SMILES string of the molecule is CC(N)Cc1cccc(Br)c1OCC1CCCC1. The molecule has 3 heteroatoms. The van der Waals surface area contributed by atoms with Gasteiger partial charge in [0.25, 0.3) is 0 Å². The van der Waals surface area contributed by atoms with Gasteiger partial charge in [0.15, 0.2) is 0 Å². The third-order valence-electron chi connectivity index (χ3n) is 3.53. The Labute approximate surface area is 118 Å². The van der Waals surface area contributed by atoms with Crippen molar-refractivity contribution in [2.45, 2.75) is 45.1 Å². The summed E-state index contributed by atoms with van der Waals surface area (Å²) in [5, 5.41) is 0. The fourth-order valence-electron chi connectivity index (χ4n) is 2.60. The van der Waals surface area contributed by atoms with E-state index in [-0.39, 0.29) is 6.04 Å². The summed E-state index contributed by atoms with van der Waals surface area (Å²) in [4.78, 5) is 0. The van der Waals surface area contributed by atoms with E-state index in [1.54, 1.807) is 0 Å². The maximum Gasteiger partial charge on any atom is 0.136 e. The summed E-state index contributed by atoms with van der Waals surface area (Å²) >= 11 is 3.58. The van der Waals surface area contributed by atoms with Crippen molar-refractivity contribution < 1.29 is 4.74 Å². The van der Waals surface area contributed by atoms with Gasteiger partial charge in [-0.25, -0.2) is 0 Å². The maximum absolute atomic E-state index is 6.05. The second-order valence-electron chi connectivity index (χ2n) is 5.37. The molecule has 1 aromatic carbocycles. The Hall–Kier alpha value is -0.540. The van der Waals surface area contributed by atoms with Gasteiger partial charge in [0, 0.05) is 6.04 Å². The minimum Gasteiger partial charge on any atom is -0.492 e. The number of benzene rings is 1. The predicted octanol–water partition coefficient (Wildman–Crippen LogP) is 3.91. The van der Waals surface area contributed by atoms with Gasteiger partial charge >= 0.3 is 0 Å². The topological polar surface area (TPSA) is 35.2 Å². The molecule has 1 aliphatic rings. The van der Waals surface area contributed by atoms with Crippen LogP contribution in [0.5, 0.6) is 5.75 Å². The minimum absolute atomic E-state index is 0.160. The monoisotopic (exact) mass is 311 g/mol. The molecule has 0 spiro atoms. The van der Waals surface area contributed by atoms with Crippen molar-refractivity contribution in [1.82, 2.24) is 0 Å². The van der Waals surface area contributed by atoms with E-state index >= 15 is 0 Å². The first-order valence-electron chi connectivity index (χ1n) is 6.82. The molecule has 1 aromatic rings. The maximum atomic E-state index is 6.05. The third kappa shape index (κ3) is 3.72. The van der Waals surface area contributed by atoms with E-state index in [0.29, 0.717) is 0 Å². The van der Waals surface area contributed by atoms with Crippen molar-refractivity contribution in [1.29, 1.82) is 0 Å². The number of rotatable bonds is 5. The van der Waals surface area contributed by atoms with Crippen LogP contribution in [0.15, 0.2) is 22.7 Å². The van der Waals surface area contributed by atoms with Crippen LogP contribution >= 0.6 is 15.9 Å². The Morgan fingerprint density at radius 2 is 2.11 bits per heavy atom. The lowest BCUT2D eigenvalue weighted by Gasteiger charge is -2.17. The molecule has 0 radical (unpaired) electrons. The standard InChI is InChI=1S/C15H22BrNO/c1-11(17)9-13-7-4-8-14(16)15(13)18-10-12-5-2-3-6-12/h4,7-8,11-12H,2-3,5-6,9-10,17H2,1H3. The zero-order chi connectivity index (χ0) is 13.0. The second-order valence-corrected chi connectivity index (χ2v) is 6.23. The van der Waals surface area contributed by atoms with Gasteiger partial charge in [-0.15, -0.1) is 0 Å². The molecular formula is C15H22BrNO. The summed E-state index contributed by atoms with van der Waals surface area (Å²) < 4.78 is 7.09. The van der Waals surface area contributed by atoms with Gasteiger partial charge in [-0.2, -0.15) is 0 Å². The Morgan fingerprint density at radius 3 is 2.78 bits per heavy atom. The number of halogens is 1. The van der Waals surface area contributed by atoms with Crippen LogP contribution < -0.4 is 10.5 Å². The van der Waals surface area contributed by atoms with Crippen molar-refractivity contribution >= 4 is 15.9 Å². The molecule has 2 nitrogen and oxygen atoms in total.